The van der Waals surface area contributed by atoms with Crippen LogP contribution in [0, 0.1) is 0 Å². The number of rotatable bonds is 5. The third-order valence-corrected chi connectivity index (χ3v) is 7.02. The molecule has 1 aliphatic rings. The average molecular weight is 413 g/mol. The molecule has 8 heteroatoms. The van der Waals surface area contributed by atoms with Gasteiger partial charge in [-0.05, 0) is 44.4 Å². The van der Waals surface area contributed by atoms with Crippen LogP contribution in [-0.2, 0) is 19.6 Å². The van der Waals surface area contributed by atoms with Gasteiger partial charge >= 0.3 is 5.97 Å². The van der Waals surface area contributed by atoms with E-state index >= 15 is 0 Å². The highest BCUT2D eigenvalue weighted by molar-refractivity contribution is 7.89. The maximum Gasteiger partial charge on any atom is 0.324 e. The number of aromatic amines is 1. The summed E-state index contributed by atoms with van der Waals surface area (Å²) in [5, 5.41) is 0. The van der Waals surface area contributed by atoms with E-state index in [1.54, 1.807) is 25.1 Å². The summed E-state index contributed by atoms with van der Waals surface area (Å²) in [5.41, 5.74) is 2.24. The van der Waals surface area contributed by atoms with E-state index in [1.807, 2.05) is 30.3 Å². The molecule has 0 aliphatic carbocycles. The lowest BCUT2D eigenvalue weighted by molar-refractivity contribution is -0.148. The van der Waals surface area contributed by atoms with Crippen LogP contribution < -0.4 is 0 Å². The van der Waals surface area contributed by atoms with Crippen molar-refractivity contribution < 1.29 is 17.9 Å². The number of nitrogens with zero attached hydrogens (tertiary/aromatic N) is 2. The maximum absolute atomic E-state index is 13.3. The smallest absolute Gasteiger partial charge is 0.324 e. The Kier molecular flexibility index (Phi) is 5.38. The van der Waals surface area contributed by atoms with Crippen LogP contribution in [0.3, 0.4) is 0 Å². The zero-order valence-corrected chi connectivity index (χ0v) is 17.0. The lowest BCUT2D eigenvalue weighted by Crippen LogP contribution is -2.48. The fourth-order valence-electron chi connectivity index (χ4n) is 3.68. The Morgan fingerprint density at radius 3 is 2.76 bits per heavy atom. The van der Waals surface area contributed by atoms with Gasteiger partial charge in [-0.15, -0.1) is 0 Å². The van der Waals surface area contributed by atoms with Gasteiger partial charge in [-0.2, -0.15) is 4.31 Å². The Labute approximate surface area is 169 Å². The molecule has 152 valence electrons. The van der Waals surface area contributed by atoms with Crippen molar-refractivity contribution in [1.29, 1.82) is 0 Å². The lowest BCUT2D eigenvalue weighted by Gasteiger charge is -2.32. The molecule has 1 N–H and O–H groups in total. The number of aromatic nitrogens is 2. The molecule has 3 aromatic rings. The molecule has 2 aromatic carbocycles. The van der Waals surface area contributed by atoms with Crippen molar-refractivity contribution in [3.05, 3.63) is 48.5 Å². The molecule has 1 aliphatic heterocycles. The molecule has 0 radical (unpaired) electrons. The minimum Gasteiger partial charge on any atom is -0.465 e. The highest BCUT2D eigenvalue weighted by atomic mass is 32.2. The van der Waals surface area contributed by atoms with Gasteiger partial charge in [0.1, 0.15) is 11.9 Å². The normalized spacial score (nSPS) is 18.0. The minimum absolute atomic E-state index is 0.143. The van der Waals surface area contributed by atoms with E-state index < -0.39 is 22.0 Å². The van der Waals surface area contributed by atoms with Crippen LogP contribution in [0.4, 0.5) is 0 Å². The van der Waals surface area contributed by atoms with Gasteiger partial charge in [-0.25, -0.2) is 13.4 Å². The van der Waals surface area contributed by atoms with Gasteiger partial charge in [0.2, 0.25) is 10.0 Å². The Hall–Kier alpha value is -2.71. The summed E-state index contributed by atoms with van der Waals surface area (Å²) in [6, 6.07) is 13.7. The van der Waals surface area contributed by atoms with Crippen LogP contribution in [0.15, 0.2) is 53.4 Å². The molecule has 1 unspecified atom stereocenters. The Morgan fingerprint density at radius 1 is 1.21 bits per heavy atom. The van der Waals surface area contributed by atoms with Crippen molar-refractivity contribution in [3.63, 3.8) is 0 Å². The average Bonchev–Trinajstić information content (AvgIpc) is 3.18. The summed E-state index contributed by atoms with van der Waals surface area (Å²) in [7, 11) is -3.84. The highest BCUT2D eigenvalue weighted by Gasteiger charge is 2.38. The summed E-state index contributed by atoms with van der Waals surface area (Å²) in [6.45, 7) is 2.25. The van der Waals surface area contributed by atoms with E-state index in [4.69, 9.17) is 4.74 Å². The van der Waals surface area contributed by atoms with Gasteiger partial charge in [0.25, 0.3) is 0 Å². The SMILES string of the molecule is CCOC(=O)C1CCCCN1S(=O)(=O)c1ccc2nc(-c3ccccc3)[nH]c2c1. The Morgan fingerprint density at radius 2 is 2.00 bits per heavy atom. The zero-order valence-electron chi connectivity index (χ0n) is 16.2. The summed E-state index contributed by atoms with van der Waals surface area (Å²) >= 11 is 0. The molecular formula is C21H23N3O4S. The fourth-order valence-corrected chi connectivity index (χ4v) is 5.36. The Bertz CT molecular complexity index is 1130. The second-order valence-electron chi connectivity index (χ2n) is 7.01. The minimum atomic E-state index is -3.84. The molecule has 1 aromatic heterocycles. The molecular weight excluding hydrogens is 390 g/mol. The number of carbonyl (C=O) groups is 1. The number of ether oxygens (including phenoxy) is 1. The first-order valence-corrected chi connectivity index (χ1v) is 11.2. The van der Waals surface area contributed by atoms with E-state index in [9.17, 15) is 13.2 Å². The molecule has 4 rings (SSSR count). The number of fused-ring (bicyclic) bond motifs is 1. The maximum atomic E-state index is 13.3. The van der Waals surface area contributed by atoms with Crippen LogP contribution in [0.25, 0.3) is 22.4 Å². The largest absolute Gasteiger partial charge is 0.465 e. The number of hydrogen-bond acceptors (Lipinski definition) is 5. The number of benzene rings is 2. The molecule has 0 saturated carbocycles. The molecule has 0 bridgehead atoms. The molecule has 1 atom stereocenters. The molecule has 1 fully saturated rings. The third-order valence-electron chi connectivity index (χ3n) is 5.12. The third kappa shape index (κ3) is 3.77. The van der Waals surface area contributed by atoms with Crippen molar-refractivity contribution in [2.24, 2.45) is 0 Å². The predicted molar refractivity (Wildman–Crippen MR) is 110 cm³/mol. The first kappa shape index (κ1) is 19.6. The summed E-state index contributed by atoms with van der Waals surface area (Å²) in [4.78, 5) is 20.2. The molecule has 2 heterocycles. The number of piperidine rings is 1. The van der Waals surface area contributed by atoms with Gasteiger partial charge in [0.15, 0.2) is 0 Å². The number of H-pyrrole nitrogens is 1. The number of hydrogen-bond donors (Lipinski definition) is 1. The van der Waals surface area contributed by atoms with E-state index in [0.717, 1.165) is 18.4 Å². The van der Waals surface area contributed by atoms with Gasteiger partial charge in [-0.1, -0.05) is 30.3 Å². The topological polar surface area (TPSA) is 92.4 Å². The quantitative estimate of drug-likeness (QED) is 0.648. The van der Waals surface area contributed by atoms with Gasteiger partial charge < -0.3 is 9.72 Å². The van der Waals surface area contributed by atoms with Crippen molar-refractivity contribution in [3.8, 4) is 11.4 Å². The van der Waals surface area contributed by atoms with E-state index in [1.165, 1.54) is 4.31 Å². The van der Waals surface area contributed by atoms with Gasteiger partial charge in [0, 0.05) is 12.1 Å². The number of carbonyl (C=O) groups excluding carboxylic acids is 1. The molecule has 7 nitrogen and oxygen atoms in total. The number of esters is 1. The van der Waals surface area contributed by atoms with Crippen molar-refractivity contribution >= 4 is 27.0 Å². The van der Waals surface area contributed by atoms with Crippen LogP contribution in [-0.4, -0.2) is 47.9 Å². The highest BCUT2D eigenvalue weighted by Crippen LogP contribution is 2.28. The van der Waals surface area contributed by atoms with Crippen LogP contribution in [0.2, 0.25) is 0 Å². The van der Waals surface area contributed by atoms with E-state index in [0.29, 0.717) is 29.8 Å². The summed E-state index contributed by atoms with van der Waals surface area (Å²) < 4.78 is 33.0. The lowest BCUT2D eigenvalue weighted by atomic mass is 10.1. The Balaban J connectivity index is 1.69. The predicted octanol–water partition coefficient (Wildman–Crippen LogP) is 3.34. The number of sulfonamides is 1. The number of nitrogens with one attached hydrogen (secondary N) is 1. The van der Waals surface area contributed by atoms with E-state index in [-0.39, 0.29) is 11.5 Å². The van der Waals surface area contributed by atoms with Gasteiger partial charge in [-0.3, -0.25) is 4.79 Å². The molecule has 1 saturated heterocycles. The first-order valence-electron chi connectivity index (χ1n) is 9.74. The molecule has 0 amide bonds. The second-order valence-corrected chi connectivity index (χ2v) is 8.90. The van der Waals surface area contributed by atoms with Gasteiger partial charge in [0.05, 0.1) is 22.5 Å². The van der Waals surface area contributed by atoms with Crippen molar-refractivity contribution in [1.82, 2.24) is 14.3 Å². The van der Waals surface area contributed by atoms with Crippen LogP contribution >= 0.6 is 0 Å². The first-order chi connectivity index (χ1) is 14.0. The fraction of sp³-hybridized carbons (Fsp3) is 0.333. The van der Waals surface area contributed by atoms with E-state index in [2.05, 4.69) is 9.97 Å². The molecule has 0 spiro atoms. The number of imidazole rings is 1. The summed E-state index contributed by atoms with van der Waals surface area (Å²) in [5.74, 6) is 0.197. The zero-order chi connectivity index (χ0) is 20.4. The monoisotopic (exact) mass is 413 g/mol. The summed E-state index contributed by atoms with van der Waals surface area (Å²) in [6.07, 6.45) is 2.00. The van der Waals surface area contributed by atoms with Crippen molar-refractivity contribution in [2.75, 3.05) is 13.2 Å². The standard InChI is InChI=1S/C21H23N3O4S/c1-2-28-21(25)19-10-6-7-13-24(19)29(26,27)16-11-12-17-18(14-16)23-20(22-17)15-8-4-3-5-9-15/h3-5,8-9,11-12,14,19H,2,6-7,10,13H2,1H3,(H,22,23). The van der Waals surface area contributed by atoms with Crippen LogP contribution in [0.1, 0.15) is 26.2 Å². The molecule has 29 heavy (non-hydrogen) atoms. The second kappa shape index (κ2) is 7.96. The van der Waals surface area contributed by atoms with Crippen molar-refractivity contribution in [2.45, 2.75) is 37.1 Å². The van der Waals surface area contributed by atoms with Crippen LogP contribution in [0.5, 0.6) is 0 Å².